The quantitative estimate of drug-likeness (QED) is 0.820. The zero-order valence-corrected chi connectivity index (χ0v) is 10.7. The Labute approximate surface area is 110 Å². The minimum atomic E-state index is -0.110. The molecule has 0 bridgehead atoms. The van der Waals surface area contributed by atoms with E-state index in [1.54, 1.807) is 17.1 Å². The van der Waals surface area contributed by atoms with Gasteiger partial charge < -0.3 is 4.74 Å². The standard InChI is InChI=1S/C13H16N4O2/c18-13-11-12(15-5-4-14-11)16-9-17(13)6-1-2-10-3-7-19-8-10/h4-5,9-10H,1-3,6-8H2. The van der Waals surface area contributed by atoms with Crippen molar-refractivity contribution in [1.29, 1.82) is 0 Å². The van der Waals surface area contributed by atoms with Crippen LogP contribution in [-0.4, -0.2) is 32.7 Å². The van der Waals surface area contributed by atoms with E-state index in [2.05, 4.69) is 15.0 Å². The van der Waals surface area contributed by atoms with Crippen LogP contribution in [0.15, 0.2) is 23.5 Å². The van der Waals surface area contributed by atoms with Crippen LogP contribution in [0.5, 0.6) is 0 Å². The van der Waals surface area contributed by atoms with E-state index < -0.39 is 0 Å². The van der Waals surface area contributed by atoms with E-state index in [0.717, 1.165) is 32.5 Å². The summed E-state index contributed by atoms with van der Waals surface area (Å²) in [6.45, 7) is 2.41. The summed E-state index contributed by atoms with van der Waals surface area (Å²) in [6, 6.07) is 0. The fourth-order valence-electron chi connectivity index (χ4n) is 2.41. The van der Waals surface area contributed by atoms with E-state index in [4.69, 9.17) is 4.74 Å². The monoisotopic (exact) mass is 260 g/mol. The molecule has 0 saturated carbocycles. The molecule has 3 rings (SSSR count). The third-order valence-corrected chi connectivity index (χ3v) is 3.50. The van der Waals surface area contributed by atoms with Crippen LogP contribution < -0.4 is 5.56 Å². The molecular formula is C13H16N4O2. The number of hydrogen-bond acceptors (Lipinski definition) is 5. The van der Waals surface area contributed by atoms with Crippen LogP contribution in [-0.2, 0) is 11.3 Å². The van der Waals surface area contributed by atoms with E-state index in [-0.39, 0.29) is 5.56 Å². The van der Waals surface area contributed by atoms with E-state index >= 15 is 0 Å². The highest BCUT2D eigenvalue weighted by Crippen LogP contribution is 2.18. The maximum atomic E-state index is 12.2. The van der Waals surface area contributed by atoms with Crippen LogP contribution in [0, 0.1) is 5.92 Å². The second-order valence-corrected chi connectivity index (χ2v) is 4.84. The number of nitrogens with zero attached hydrogens (tertiary/aromatic N) is 4. The SMILES string of the molecule is O=c1c2nccnc2ncn1CCCC1CCOC1. The molecule has 0 spiro atoms. The second kappa shape index (κ2) is 5.44. The molecule has 0 aromatic carbocycles. The number of hydrogen-bond donors (Lipinski definition) is 0. The van der Waals surface area contributed by atoms with Gasteiger partial charge in [-0.3, -0.25) is 9.36 Å². The Morgan fingerprint density at radius 2 is 2.21 bits per heavy atom. The van der Waals surface area contributed by atoms with Gasteiger partial charge in [0.25, 0.3) is 5.56 Å². The number of aromatic nitrogens is 4. The molecule has 100 valence electrons. The molecule has 1 aliphatic heterocycles. The van der Waals surface area contributed by atoms with E-state index in [0.29, 0.717) is 23.6 Å². The van der Waals surface area contributed by atoms with Crippen molar-refractivity contribution in [3.05, 3.63) is 29.1 Å². The fourth-order valence-corrected chi connectivity index (χ4v) is 2.41. The molecule has 6 nitrogen and oxygen atoms in total. The van der Waals surface area contributed by atoms with Crippen molar-refractivity contribution in [2.45, 2.75) is 25.8 Å². The summed E-state index contributed by atoms with van der Waals surface area (Å²) < 4.78 is 6.96. The molecule has 2 aromatic rings. The van der Waals surface area contributed by atoms with Gasteiger partial charge in [0, 0.05) is 32.2 Å². The highest BCUT2D eigenvalue weighted by atomic mass is 16.5. The van der Waals surface area contributed by atoms with Crippen molar-refractivity contribution in [1.82, 2.24) is 19.5 Å². The first kappa shape index (κ1) is 12.2. The summed E-state index contributed by atoms with van der Waals surface area (Å²) in [7, 11) is 0. The lowest BCUT2D eigenvalue weighted by Gasteiger charge is -2.08. The topological polar surface area (TPSA) is 69.9 Å². The molecule has 1 fully saturated rings. The summed E-state index contributed by atoms with van der Waals surface area (Å²) in [4.78, 5) is 24.4. The molecule has 1 saturated heterocycles. The Hall–Kier alpha value is -1.82. The zero-order chi connectivity index (χ0) is 13.1. The van der Waals surface area contributed by atoms with Gasteiger partial charge in [-0.1, -0.05) is 0 Å². The van der Waals surface area contributed by atoms with Crippen LogP contribution >= 0.6 is 0 Å². The summed E-state index contributed by atoms with van der Waals surface area (Å²) in [6.07, 6.45) is 7.80. The molecule has 0 radical (unpaired) electrons. The average Bonchev–Trinajstić information content (AvgIpc) is 2.95. The molecule has 1 atom stereocenters. The van der Waals surface area contributed by atoms with Crippen molar-refractivity contribution >= 4 is 11.2 Å². The van der Waals surface area contributed by atoms with Gasteiger partial charge in [-0.15, -0.1) is 0 Å². The van der Waals surface area contributed by atoms with Crippen molar-refractivity contribution < 1.29 is 4.74 Å². The number of ether oxygens (including phenoxy) is 1. The zero-order valence-electron chi connectivity index (χ0n) is 10.7. The van der Waals surface area contributed by atoms with Crippen molar-refractivity contribution in [2.75, 3.05) is 13.2 Å². The Kier molecular flexibility index (Phi) is 3.50. The van der Waals surface area contributed by atoms with E-state index in [1.165, 1.54) is 6.20 Å². The predicted molar refractivity (Wildman–Crippen MR) is 69.8 cm³/mol. The van der Waals surface area contributed by atoms with Crippen LogP contribution in [0.1, 0.15) is 19.3 Å². The van der Waals surface area contributed by atoms with Crippen molar-refractivity contribution in [3.8, 4) is 0 Å². The van der Waals surface area contributed by atoms with Gasteiger partial charge in [-0.2, -0.15) is 0 Å². The molecule has 2 aromatic heterocycles. The Morgan fingerprint density at radius 1 is 1.32 bits per heavy atom. The summed E-state index contributed by atoms with van der Waals surface area (Å²) in [5.41, 5.74) is 0.642. The van der Waals surface area contributed by atoms with Gasteiger partial charge in [0.2, 0.25) is 0 Å². The lowest BCUT2D eigenvalue weighted by atomic mass is 10.0. The smallest absolute Gasteiger partial charge is 0.281 e. The number of rotatable bonds is 4. The molecule has 0 aliphatic carbocycles. The van der Waals surface area contributed by atoms with Crippen molar-refractivity contribution in [2.24, 2.45) is 5.92 Å². The molecule has 0 N–H and O–H groups in total. The number of fused-ring (bicyclic) bond motifs is 1. The second-order valence-electron chi connectivity index (χ2n) is 4.84. The van der Waals surface area contributed by atoms with Gasteiger partial charge in [0.1, 0.15) is 6.33 Å². The summed E-state index contributed by atoms with van der Waals surface area (Å²) >= 11 is 0. The maximum Gasteiger partial charge on any atom is 0.281 e. The largest absolute Gasteiger partial charge is 0.381 e. The van der Waals surface area contributed by atoms with Gasteiger partial charge in [-0.25, -0.2) is 15.0 Å². The Balaban J connectivity index is 1.70. The molecule has 19 heavy (non-hydrogen) atoms. The Morgan fingerprint density at radius 3 is 3.05 bits per heavy atom. The molecule has 1 unspecified atom stereocenters. The van der Waals surface area contributed by atoms with Crippen LogP contribution in [0.25, 0.3) is 11.2 Å². The first-order chi connectivity index (χ1) is 9.34. The van der Waals surface area contributed by atoms with Gasteiger partial charge in [-0.05, 0) is 25.2 Å². The van der Waals surface area contributed by atoms with Gasteiger partial charge in [0.05, 0.1) is 0 Å². The molecule has 6 heteroatoms. The first-order valence-corrected chi connectivity index (χ1v) is 6.58. The fraction of sp³-hybridized carbons (Fsp3) is 0.538. The van der Waals surface area contributed by atoms with Crippen LogP contribution in [0.2, 0.25) is 0 Å². The van der Waals surface area contributed by atoms with Crippen molar-refractivity contribution in [3.63, 3.8) is 0 Å². The van der Waals surface area contributed by atoms with E-state index in [9.17, 15) is 4.79 Å². The third kappa shape index (κ3) is 2.63. The van der Waals surface area contributed by atoms with Gasteiger partial charge >= 0.3 is 0 Å². The molecule has 1 aliphatic rings. The average molecular weight is 260 g/mol. The molecule has 3 heterocycles. The lowest BCUT2D eigenvalue weighted by molar-refractivity contribution is 0.183. The Bertz CT molecular complexity index is 619. The molecular weight excluding hydrogens is 244 g/mol. The number of aryl methyl sites for hydroxylation is 1. The van der Waals surface area contributed by atoms with E-state index in [1.807, 2.05) is 0 Å². The maximum absolute atomic E-state index is 12.2. The third-order valence-electron chi connectivity index (χ3n) is 3.50. The highest BCUT2D eigenvalue weighted by Gasteiger charge is 2.15. The predicted octanol–water partition coefficient (Wildman–Crippen LogP) is 1.00. The first-order valence-electron chi connectivity index (χ1n) is 6.58. The lowest BCUT2D eigenvalue weighted by Crippen LogP contribution is -2.22. The normalized spacial score (nSPS) is 19.1. The summed E-state index contributed by atoms with van der Waals surface area (Å²) in [5.74, 6) is 0.643. The van der Waals surface area contributed by atoms with Crippen LogP contribution in [0.3, 0.4) is 0 Å². The minimum Gasteiger partial charge on any atom is -0.381 e. The van der Waals surface area contributed by atoms with Crippen LogP contribution in [0.4, 0.5) is 0 Å². The minimum absolute atomic E-state index is 0.110. The van der Waals surface area contributed by atoms with Gasteiger partial charge in [0.15, 0.2) is 11.2 Å². The highest BCUT2D eigenvalue weighted by molar-refractivity contribution is 5.66. The molecule has 0 amide bonds. The summed E-state index contributed by atoms with van der Waals surface area (Å²) in [5, 5.41) is 0.